The molecule has 0 spiro atoms. The number of hydrogen-bond acceptors (Lipinski definition) is 4. The van der Waals surface area contributed by atoms with Crippen LogP contribution in [0.15, 0.2) is 18.2 Å². The molecular formula is C17H21N3O2. The SMILES string of the molecule is Cc1nc2ccc(C(=O)N3C[C@@H](C)O[C@@H](C)C3)cc2nc1C. The number of carbonyl (C=O) groups is 1. The van der Waals surface area contributed by atoms with Crippen molar-refractivity contribution in [2.75, 3.05) is 13.1 Å². The molecule has 0 radical (unpaired) electrons. The lowest BCUT2D eigenvalue weighted by Crippen LogP contribution is -2.48. The highest BCUT2D eigenvalue weighted by Gasteiger charge is 2.26. The summed E-state index contributed by atoms with van der Waals surface area (Å²) < 4.78 is 5.69. The number of ether oxygens (including phenoxy) is 1. The van der Waals surface area contributed by atoms with Gasteiger partial charge in [0.15, 0.2) is 0 Å². The Hall–Kier alpha value is -2.01. The minimum atomic E-state index is 0.0314. The number of benzene rings is 1. The molecule has 1 aliphatic rings. The number of morpholine rings is 1. The van der Waals surface area contributed by atoms with E-state index >= 15 is 0 Å². The van der Waals surface area contributed by atoms with E-state index in [2.05, 4.69) is 9.97 Å². The molecule has 3 rings (SSSR count). The van der Waals surface area contributed by atoms with Crippen molar-refractivity contribution < 1.29 is 9.53 Å². The largest absolute Gasteiger partial charge is 0.372 e. The van der Waals surface area contributed by atoms with Crippen molar-refractivity contribution >= 4 is 16.9 Å². The van der Waals surface area contributed by atoms with Gasteiger partial charge in [-0.25, -0.2) is 9.97 Å². The number of fused-ring (bicyclic) bond motifs is 1. The van der Waals surface area contributed by atoms with Gasteiger partial charge in [0.2, 0.25) is 0 Å². The first-order valence-corrected chi connectivity index (χ1v) is 7.64. The second-order valence-corrected chi connectivity index (χ2v) is 6.07. The number of carbonyl (C=O) groups excluding carboxylic acids is 1. The second-order valence-electron chi connectivity index (χ2n) is 6.07. The van der Waals surface area contributed by atoms with Crippen LogP contribution in [0.25, 0.3) is 11.0 Å². The third-order valence-corrected chi connectivity index (χ3v) is 4.03. The van der Waals surface area contributed by atoms with Crippen molar-refractivity contribution in [3.05, 3.63) is 35.2 Å². The molecule has 2 aromatic rings. The van der Waals surface area contributed by atoms with Crippen LogP contribution in [0.2, 0.25) is 0 Å². The van der Waals surface area contributed by atoms with Crippen LogP contribution in [0.5, 0.6) is 0 Å². The van der Waals surface area contributed by atoms with Crippen LogP contribution in [0.3, 0.4) is 0 Å². The van der Waals surface area contributed by atoms with Crippen LogP contribution in [-0.4, -0.2) is 46.1 Å². The Balaban J connectivity index is 1.92. The van der Waals surface area contributed by atoms with Gasteiger partial charge in [0.05, 0.1) is 34.6 Å². The summed E-state index contributed by atoms with van der Waals surface area (Å²) in [5, 5.41) is 0. The highest BCUT2D eigenvalue weighted by molar-refractivity contribution is 5.97. The van der Waals surface area contributed by atoms with Crippen LogP contribution in [-0.2, 0) is 4.74 Å². The molecule has 0 aliphatic carbocycles. The van der Waals surface area contributed by atoms with E-state index in [1.54, 1.807) is 0 Å². The minimum Gasteiger partial charge on any atom is -0.372 e. The average Bonchev–Trinajstić information content (AvgIpc) is 2.46. The smallest absolute Gasteiger partial charge is 0.254 e. The summed E-state index contributed by atoms with van der Waals surface area (Å²) in [6.07, 6.45) is 0.135. The van der Waals surface area contributed by atoms with E-state index in [1.807, 2.05) is 50.8 Å². The normalized spacial score (nSPS) is 22.1. The third-order valence-electron chi connectivity index (χ3n) is 4.03. The molecule has 1 saturated heterocycles. The van der Waals surface area contributed by atoms with Gasteiger partial charge in [-0.3, -0.25) is 4.79 Å². The average molecular weight is 299 g/mol. The van der Waals surface area contributed by atoms with Crippen LogP contribution in [0.1, 0.15) is 35.6 Å². The lowest BCUT2D eigenvalue weighted by Gasteiger charge is -2.35. The Morgan fingerprint density at radius 1 is 1.09 bits per heavy atom. The predicted octanol–water partition coefficient (Wildman–Crippen LogP) is 2.50. The van der Waals surface area contributed by atoms with Crippen LogP contribution in [0.4, 0.5) is 0 Å². The molecule has 5 nitrogen and oxygen atoms in total. The van der Waals surface area contributed by atoms with Crippen molar-refractivity contribution in [3.63, 3.8) is 0 Å². The van der Waals surface area contributed by atoms with E-state index in [0.717, 1.165) is 22.4 Å². The van der Waals surface area contributed by atoms with Gasteiger partial charge in [-0.1, -0.05) is 0 Å². The fourth-order valence-electron chi connectivity index (χ4n) is 2.89. The quantitative estimate of drug-likeness (QED) is 0.812. The van der Waals surface area contributed by atoms with Crippen LogP contribution in [0, 0.1) is 13.8 Å². The number of aromatic nitrogens is 2. The van der Waals surface area contributed by atoms with Crippen molar-refractivity contribution in [3.8, 4) is 0 Å². The topological polar surface area (TPSA) is 55.3 Å². The van der Waals surface area contributed by atoms with E-state index in [4.69, 9.17) is 4.74 Å². The van der Waals surface area contributed by atoms with Crippen LogP contribution < -0.4 is 0 Å². The number of aryl methyl sites for hydroxylation is 2. The number of amides is 1. The fraction of sp³-hybridized carbons (Fsp3) is 0.471. The molecule has 1 fully saturated rings. The van der Waals surface area contributed by atoms with Gasteiger partial charge in [0.25, 0.3) is 5.91 Å². The number of rotatable bonds is 1. The Bertz CT molecular complexity index is 719. The molecule has 0 unspecified atom stereocenters. The highest BCUT2D eigenvalue weighted by Crippen LogP contribution is 2.18. The maximum Gasteiger partial charge on any atom is 0.254 e. The molecule has 0 bridgehead atoms. The minimum absolute atomic E-state index is 0.0314. The summed E-state index contributed by atoms with van der Waals surface area (Å²) >= 11 is 0. The number of nitrogens with zero attached hydrogens (tertiary/aromatic N) is 3. The van der Waals surface area contributed by atoms with Gasteiger partial charge in [-0.15, -0.1) is 0 Å². The zero-order valence-corrected chi connectivity index (χ0v) is 13.5. The molecule has 22 heavy (non-hydrogen) atoms. The molecule has 1 aliphatic heterocycles. The molecule has 1 aromatic carbocycles. The molecule has 2 heterocycles. The summed E-state index contributed by atoms with van der Waals surface area (Å²) in [4.78, 5) is 23.6. The highest BCUT2D eigenvalue weighted by atomic mass is 16.5. The van der Waals surface area contributed by atoms with Gasteiger partial charge >= 0.3 is 0 Å². The standard InChI is InChI=1S/C17H21N3O2/c1-10-8-20(9-11(2)22-10)17(21)14-5-6-15-16(7-14)19-13(4)12(3)18-15/h5-7,10-11H,8-9H2,1-4H3/t10-,11+. The van der Waals surface area contributed by atoms with Crippen LogP contribution >= 0.6 is 0 Å². The monoisotopic (exact) mass is 299 g/mol. The Labute approximate surface area is 130 Å². The summed E-state index contributed by atoms with van der Waals surface area (Å²) in [5.74, 6) is 0.0314. The van der Waals surface area contributed by atoms with Gasteiger partial charge in [-0.2, -0.15) is 0 Å². The Kier molecular flexibility index (Phi) is 3.83. The molecule has 1 amide bonds. The van der Waals surface area contributed by atoms with E-state index in [0.29, 0.717) is 18.7 Å². The predicted molar refractivity (Wildman–Crippen MR) is 84.9 cm³/mol. The molecular weight excluding hydrogens is 278 g/mol. The molecule has 0 N–H and O–H groups in total. The second kappa shape index (κ2) is 5.65. The molecule has 116 valence electrons. The Morgan fingerprint density at radius 2 is 1.68 bits per heavy atom. The summed E-state index contributed by atoms with van der Waals surface area (Å²) in [6.45, 7) is 9.11. The van der Waals surface area contributed by atoms with E-state index < -0.39 is 0 Å². The first kappa shape index (κ1) is 14.9. The molecule has 2 atom stereocenters. The van der Waals surface area contributed by atoms with Gasteiger partial charge in [0, 0.05) is 18.7 Å². The summed E-state index contributed by atoms with van der Waals surface area (Å²) in [6, 6.07) is 5.54. The van der Waals surface area contributed by atoms with E-state index in [9.17, 15) is 4.79 Å². The summed E-state index contributed by atoms with van der Waals surface area (Å²) in [7, 11) is 0. The van der Waals surface area contributed by atoms with Crippen molar-refractivity contribution in [2.45, 2.75) is 39.9 Å². The van der Waals surface area contributed by atoms with Crippen molar-refractivity contribution in [2.24, 2.45) is 0 Å². The lowest BCUT2D eigenvalue weighted by atomic mass is 10.1. The first-order chi connectivity index (χ1) is 10.4. The maximum atomic E-state index is 12.7. The Morgan fingerprint density at radius 3 is 2.32 bits per heavy atom. The van der Waals surface area contributed by atoms with E-state index in [1.165, 1.54) is 0 Å². The molecule has 1 aromatic heterocycles. The molecule has 0 saturated carbocycles. The molecule has 5 heteroatoms. The van der Waals surface area contributed by atoms with Gasteiger partial charge in [0.1, 0.15) is 0 Å². The van der Waals surface area contributed by atoms with Crippen molar-refractivity contribution in [1.29, 1.82) is 0 Å². The third kappa shape index (κ3) is 2.81. The van der Waals surface area contributed by atoms with E-state index in [-0.39, 0.29) is 18.1 Å². The zero-order chi connectivity index (χ0) is 15.9. The van der Waals surface area contributed by atoms with Gasteiger partial charge in [-0.05, 0) is 45.9 Å². The lowest BCUT2D eigenvalue weighted by molar-refractivity contribution is -0.0586. The first-order valence-electron chi connectivity index (χ1n) is 7.64. The fourth-order valence-corrected chi connectivity index (χ4v) is 2.89. The zero-order valence-electron chi connectivity index (χ0n) is 13.5. The van der Waals surface area contributed by atoms with Crippen molar-refractivity contribution in [1.82, 2.24) is 14.9 Å². The summed E-state index contributed by atoms with van der Waals surface area (Å²) in [5.41, 5.74) is 4.06. The number of hydrogen-bond donors (Lipinski definition) is 0. The van der Waals surface area contributed by atoms with Gasteiger partial charge < -0.3 is 9.64 Å². The maximum absolute atomic E-state index is 12.7.